The number of nitrogens with zero attached hydrogens (tertiary/aromatic N) is 2. The summed E-state index contributed by atoms with van der Waals surface area (Å²) >= 11 is 0. The van der Waals surface area contributed by atoms with Crippen LogP contribution in [0.3, 0.4) is 0 Å². The molecule has 3 aliphatic heterocycles. The molecule has 1 aliphatic carbocycles. The Balaban J connectivity index is 1.45. The van der Waals surface area contributed by atoms with Gasteiger partial charge in [-0.3, -0.25) is 19.1 Å². The highest BCUT2D eigenvalue weighted by molar-refractivity contribution is 7.60. The molecule has 4 bridgehead atoms. The standard InChI is InChI=1S/C36H55N4O8P/c1-8-25-18-36(25,49(45,46)9-2)38-30(41)28-17-26-20-40(28)31(42)29(34(3,4)5)37-32(43)47-22-35(6,7)16-11-10-13-23-14-12-15-24-19-39(21-27(23)24)33(44)48-26/h12,14-15,25-26,28-29H,8-11,13,16-22H2,1-7H3,(H,37,43)(H,38,41)(H,45,46)/t25-,26+,28-,29+,36+/m0/s1. The largest absolute Gasteiger partial charge is 0.449 e. The van der Waals surface area contributed by atoms with E-state index in [1.165, 1.54) is 10.5 Å². The van der Waals surface area contributed by atoms with Crippen LogP contribution in [0.4, 0.5) is 9.59 Å². The fourth-order valence-electron chi connectivity index (χ4n) is 7.72. The molecular formula is C36H55N4O8P. The Morgan fingerprint density at radius 3 is 2.49 bits per heavy atom. The van der Waals surface area contributed by atoms with E-state index in [1.807, 2.05) is 39.8 Å². The number of nitrogens with one attached hydrogen (secondary N) is 2. The maximum atomic E-state index is 14.4. The molecule has 1 unspecified atom stereocenters. The molecule has 13 heteroatoms. The average Bonchev–Trinajstić information content (AvgIpc) is 3.35. The first-order valence-corrected chi connectivity index (χ1v) is 19.7. The molecule has 1 saturated heterocycles. The molecule has 49 heavy (non-hydrogen) atoms. The van der Waals surface area contributed by atoms with Gasteiger partial charge < -0.3 is 29.9 Å². The Bertz CT molecular complexity index is 1510. The Kier molecular flexibility index (Phi) is 10.5. The monoisotopic (exact) mass is 702 g/mol. The number of hydrogen-bond acceptors (Lipinski definition) is 7. The van der Waals surface area contributed by atoms with Crippen molar-refractivity contribution in [2.75, 3.05) is 19.3 Å². The summed E-state index contributed by atoms with van der Waals surface area (Å²) < 4.78 is 25.0. The van der Waals surface area contributed by atoms with E-state index in [0.29, 0.717) is 25.9 Å². The summed E-state index contributed by atoms with van der Waals surface area (Å²) in [5.74, 6) is -1.25. The summed E-state index contributed by atoms with van der Waals surface area (Å²) in [6.45, 7) is 14.0. The number of benzene rings is 1. The molecule has 272 valence electrons. The second kappa shape index (κ2) is 13.9. The lowest BCUT2D eigenvalue weighted by molar-refractivity contribution is -0.142. The van der Waals surface area contributed by atoms with E-state index in [2.05, 4.69) is 30.5 Å². The quantitative estimate of drug-likeness (QED) is 0.339. The molecule has 0 spiro atoms. The number of carbonyl (C=O) groups excluding carboxylic acids is 4. The third-order valence-corrected chi connectivity index (χ3v) is 13.7. The van der Waals surface area contributed by atoms with Crippen LogP contribution >= 0.6 is 7.37 Å². The maximum Gasteiger partial charge on any atom is 0.410 e. The van der Waals surface area contributed by atoms with E-state index in [0.717, 1.165) is 36.8 Å². The second-order valence-corrected chi connectivity index (χ2v) is 19.1. The highest BCUT2D eigenvalue weighted by Gasteiger charge is 2.65. The number of ether oxygens (including phenoxy) is 2. The lowest BCUT2D eigenvalue weighted by Crippen LogP contribution is -2.58. The van der Waals surface area contributed by atoms with Crippen molar-refractivity contribution in [2.24, 2.45) is 16.7 Å². The van der Waals surface area contributed by atoms with Crippen LogP contribution in [0.5, 0.6) is 0 Å². The third kappa shape index (κ3) is 7.80. The first-order chi connectivity index (χ1) is 22.9. The molecule has 3 heterocycles. The molecule has 0 aromatic heterocycles. The minimum absolute atomic E-state index is 0.00615. The van der Waals surface area contributed by atoms with Crippen molar-refractivity contribution in [3.8, 4) is 0 Å². The van der Waals surface area contributed by atoms with Crippen LogP contribution in [0.15, 0.2) is 18.2 Å². The Hall–Kier alpha value is -3.11. The van der Waals surface area contributed by atoms with E-state index in [1.54, 1.807) is 11.8 Å². The molecule has 6 atom stereocenters. The van der Waals surface area contributed by atoms with E-state index in [9.17, 15) is 28.6 Å². The summed E-state index contributed by atoms with van der Waals surface area (Å²) in [5, 5.41) is 4.42. The molecule has 2 fully saturated rings. The predicted molar refractivity (Wildman–Crippen MR) is 185 cm³/mol. The SMILES string of the molecule is CC[C@H]1C[C@@]1(NC(=O)[C@@H]1C[C@@H]2CN1C(=O)[C@H](C(C)(C)C)NC(=O)OCC(C)(C)CCCCc1cccc3c1CN(C3)C(=O)O2)P(=O)(O)CC. The molecule has 4 aliphatic rings. The van der Waals surface area contributed by atoms with Gasteiger partial charge in [0, 0.05) is 25.7 Å². The van der Waals surface area contributed by atoms with Gasteiger partial charge in [-0.25, -0.2) is 9.59 Å². The van der Waals surface area contributed by atoms with E-state index < -0.39 is 60.3 Å². The fraction of sp³-hybridized carbons (Fsp3) is 0.722. The van der Waals surface area contributed by atoms with E-state index in [-0.39, 0.29) is 37.1 Å². The molecule has 12 nitrogen and oxygen atoms in total. The molecule has 3 N–H and O–H groups in total. The summed E-state index contributed by atoms with van der Waals surface area (Å²) in [6.07, 6.45) is 2.53. The number of amides is 4. The smallest absolute Gasteiger partial charge is 0.410 e. The molecular weight excluding hydrogens is 647 g/mol. The van der Waals surface area contributed by atoms with Gasteiger partial charge in [-0.1, -0.05) is 79.5 Å². The lowest BCUT2D eigenvalue weighted by atomic mass is 9.85. The van der Waals surface area contributed by atoms with Gasteiger partial charge in [0.1, 0.15) is 23.5 Å². The van der Waals surface area contributed by atoms with Gasteiger partial charge in [0.15, 0.2) is 0 Å². The first-order valence-electron chi connectivity index (χ1n) is 17.8. The average molecular weight is 703 g/mol. The van der Waals surface area contributed by atoms with E-state index >= 15 is 0 Å². The maximum absolute atomic E-state index is 14.4. The number of rotatable bonds is 5. The van der Waals surface area contributed by atoms with Crippen LogP contribution in [0.25, 0.3) is 0 Å². The number of alkyl carbamates (subject to hydrolysis) is 1. The van der Waals surface area contributed by atoms with Crippen molar-refractivity contribution in [2.45, 2.75) is 130 Å². The molecule has 1 aromatic rings. The van der Waals surface area contributed by atoms with Gasteiger partial charge in [-0.05, 0) is 59.1 Å². The number of aryl methyl sites for hydroxylation is 1. The molecule has 1 aromatic carbocycles. The van der Waals surface area contributed by atoms with Crippen molar-refractivity contribution in [3.05, 3.63) is 34.9 Å². The topological polar surface area (TPSA) is 155 Å². The van der Waals surface area contributed by atoms with Gasteiger partial charge in [0.05, 0.1) is 13.2 Å². The predicted octanol–water partition coefficient (Wildman–Crippen LogP) is 5.53. The van der Waals surface area contributed by atoms with Gasteiger partial charge in [-0.2, -0.15) is 0 Å². The van der Waals surface area contributed by atoms with Crippen LogP contribution in [-0.2, 0) is 43.1 Å². The van der Waals surface area contributed by atoms with Crippen molar-refractivity contribution in [3.63, 3.8) is 0 Å². The summed E-state index contributed by atoms with van der Waals surface area (Å²) in [4.78, 5) is 69.2. The first kappa shape index (κ1) is 37.2. The van der Waals surface area contributed by atoms with Gasteiger partial charge in [0.25, 0.3) is 0 Å². The highest BCUT2D eigenvalue weighted by Crippen LogP contribution is 2.69. The Labute approximate surface area is 290 Å². The minimum Gasteiger partial charge on any atom is -0.449 e. The zero-order chi connectivity index (χ0) is 35.9. The Morgan fingerprint density at radius 1 is 1.12 bits per heavy atom. The Morgan fingerprint density at radius 2 is 1.84 bits per heavy atom. The summed E-state index contributed by atoms with van der Waals surface area (Å²) in [6, 6.07) is 4.00. The van der Waals surface area contributed by atoms with Crippen LogP contribution in [0, 0.1) is 16.7 Å². The number of fused-ring (bicyclic) bond motifs is 3. The van der Waals surface area contributed by atoms with Crippen LogP contribution in [-0.4, -0.2) is 81.5 Å². The molecule has 1 saturated carbocycles. The highest BCUT2D eigenvalue weighted by atomic mass is 31.2. The molecule has 4 amide bonds. The molecule has 0 radical (unpaired) electrons. The van der Waals surface area contributed by atoms with Crippen molar-refractivity contribution in [1.82, 2.24) is 20.4 Å². The zero-order valence-corrected chi connectivity index (χ0v) is 31.1. The van der Waals surface area contributed by atoms with Crippen molar-refractivity contribution < 1.29 is 38.1 Å². The van der Waals surface area contributed by atoms with Crippen molar-refractivity contribution >= 4 is 31.4 Å². The normalized spacial score (nSPS) is 30.5. The van der Waals surface area contributed by atoms with Crippen LogP contribution in [0.1, 0.15) is 104 Å². The molecule has 5 rings (SSSR count). The summed E-state index contributed by atoms with van der Waals surface area (Å²) in [5.41, 5.74) is 2.35. The third-order valence-electron chi connectivity index (χ3n) is 10.9. The number of carbonyl (C=O) groups is 4. The number of cyclic esters (lactones) is 1. The van der Waals surface area contributed by atoms with Crippen LogP contribution < -0.4 is 10.6 Å². The van der Waals surface area contributed by atoms with Gasteiger partial charge in [-0.15, -0.1) is 0 Å². The minimum atomic E-state index is -3.75. The number of hydrogen-bond donors (Lipinski definition) is 3. The lowest BCUT2D eigenvalue weighted by Gasteiger charge is -2.36. The second-order valence-electron chi connectivity index (χ2n) is 16.3. The van der Waals surface area contributed by atoms with Gasteiger partial charge >= 0.3 is 12.2 Å². The van der Waals surface area contributed by atoms with E-state index in [4.69, 9.17) is 9.47 Å². The fourth-order valence-corrected chi connectivity index (χ4v) is 9.83. The zero-order valence-electron chi connectivity index (χ0n) is 30.2. The van der Waals surface area contributed by atoms with Crippen LogP contribution in [0.2, 0.25) is 0 Å². The summed E-state index contributed by atoms with van der Waals surface area (Å²) in [7, 11) is -3.75. The van der Waals surface area contributed by atoms with Crippen molar-refractivity contribution in [1.29, 1.82) is 0 Å². The van der Waals surface area contributed by atoms with Gasteiger partial charge in [0.2, 0.25) is 19.2 Å².